The van der Waals surface area contributed by atoms with E-state index in [0.717, 1.165) is 30.8 Å². The minimum atomic E-state index is -0.342. The van der Waals surface area contributed by atoms with Gasteiger partial charge in [-0.1, -0.05) is 12.1 Å². The smallest absolute Gasteiger partial charge is 0.269 e. The zero-order chi connectivity index (χ0) is 13.2. The Bertz CT molecular complexity index is 458. The number of nitro benzene ring substituents is 1. The summed E-state index contributed by atoms with van der Waals surface area (Å²) in [5.41, 5.74) is 1.38. The number of benzene rings is 1. The van der Waals surface area contributed by atoms with Crippen molar-refractivity contribution in [3.05, 3.63) is 39.9 Å². The molecule has 0 aromatic heterocycles. The first kappa shape index (κ1) is 12.6. The van der Waals surface area contributed by atoms with Crippen LogP contribution in [-0.2, 0) is 6.42 Å². The molecule has 4 heteroatoms. The van der Waals surface area contributed by atoms with Crippen LogP contribution in [0.2, 0.25) is 0 Å². The van der Waals surface area contributed by atoms with Gasteiger partial charge in [0.1, 0.15) is 0 Å². The molecule has 0 aliphatic heterocycles. The number of nitrogens with zero attached hydrogens (tertiary/aromatic N) is 1. The molecule has 0 amide bonds. The van der Waals surface area contributed by atoms with Crippen LogP contribution >= 0.6 is 0 Å². The van der Waals surface area contributed by atoms with Crippen molar-refractivity contribution in [3.63, 3.8) is 0 Å². The molecule has 0 spiro atoms. The predicted molar refractivity (Wildman–Crippen MR) is 72.8 cm³/mol. The quantitative estimate of drug-likeness (QED) is 0.650. The molecule has 2 bridgehead atoms. The average molecular weight is 261 g/mol. The molecule has 0 heterocycles. The van der Waals surface area contributed by atoms with E-state index in [9.17, 15) is 10.1 Å². The summed E-state index contributed by atoms with van der Waals surface area (Å²) in [5.74, 6) is 1.97. The Labute approximate surface area is 113 Å². The number of nitrogens with two attached hydrogens (primary N) is 1. The van der Waals surface area contributed by atoms with Gasteiger partial charge in [0.2, 0.25) is 0 Å². The lowest BCUT2D eigenvalue weighted by Gasteiger charge is -2.19. The second kappa shape index (κ2) is 5.29. The van der Waals surface area contributed by atoms with Gasteiger partial charge in [0, 0.05) is 30.9 Å². The van der Waals surface area contributed by atoms with Gasteiger partial charge in [-0.15, -0.1) is 0 Å². The van der Waals surface area contributed by atoms with Crippen molar-refractivity contribution in [1.29, 1.82) is 0 Å². The second-order valence-electron chi connectivity index (χ2n) is 6.04. The lowest BCUT2D eigenvalue weighted by Crippen LogP contribution is -2.91. The van der Waals surface area contributed by atoms with Crippen molar-refractivity contribution in [2.24, 2.45) is 11.8 Å². The van der Waals surface area contributed by atoms with E-state index in [1.54, 1.807) is 12.1 Å². The molecular weight excluding hydrogens is 240 g/mol. The fourth-order valence-electron chi connectivity index (χ4n) is 3.83. The van der Waals surface area contributed by atoms with E-state index in [-0.39, 0.29) is 10.6 Å². The van der Waals surface area contributed by atoms with Crippen LogP contribution in [0.1, 0.15) is 31.2 Å². The third-order valence-corrected chi connectivity index (χ3v) is 4.84. The van der Waals surface area contributed by atoms with Gasteiger partial charge in [0.25, 0.3) is 5.69 Å². The molecule has 0 radical (unpaired) electrons. The van der Waals surface area contributed by atoms with E-state index in [2.05, 4.69) is 5.32 Å². The second-order valence-corrected chi connectivity index (χ2v) is 6.04. The van der Waals surface area contributed by atoms with Crippen molar-refractivity contribution in [2.75, 3.05) is 6.54 Å². The van der Waals surface area contributed by atoms with E-state index in [4.69, 9.17) is 0 Å². The molecule has 1 aromatic carbocycles. The van der Waals surface area contributed by atoms with Crippen LogP contribution in [0, 0.1) is 22.0 Å². The Morgan fingerprint density at radius 1 is 1.21 bits per heavy atom. The van der Waals surface area contributed by atoms with Gasteiger partial charge in [-0.3, -0.25) is 10.1 Å². The number of hydrogen-bond acceptors (Lipinski definition) is 2. The first-order chi connectivity index (χ1) is 9.22. The summed E-state index contributed by atoms with van der Waals surface area (Å²) in [5, 5.41) is 13.1. The van der Waals surface area contributed by atoms with Gasteiger partial charge >= 0.3 is 0 Å². The van der Waals surface area contributed by atoms with E-state index < -0.39 is 0 Å². The van der Waals surface area contributed by atoms with Crippen LogP contribution in [-0.4, -0.2) is 17.5 Å². The summed E-state index contributed by atoms with van der Waals surface area (Å²) >= 11 is 0. The highest BCUT2D eigenvalue weighted by molar-refractivity contribution is 5.32. The molecule has 3 rings (SSSR count). The van der Waals surface area contributed by atoms with Gasteiger partial charge in [0.05, 0.1) is 17.5 Å². The molecule has 4 nitrogen and oxygen atoms in total. The molecule has 0 saturated heterocycles. The lowest BCUT2D eigenvalue weighted by atomic mass is 9.95. The van der Waals surface area contributed by atoms with Crippen LogP contribution in [0.25, 0.3) is 0 Å². The standard InChI is InChI=1S/C15H20N2O2/c18-17(19)14-5-2-11(3-6-14)7-8-16-15-10-12-1-4-13(15)9-12/h2-3,5-6,12-13,15-16H,1,4,7-10H2/p+1/t12-,13-,15+/m1/s1. The molecule has 2 aliphatic carbocycles. The van der Waals surface area contributed by atoms with Gasteiger partial charge in [-0.25, -0.2) is 0 Å². The largest absolute Gasteiger partial charge is 0.343 e. The van der Waals surface area contributed by atoms with E-state index in [1.807, 2.05) is 12.1 Å². The lowest BCUT2D eigenvalue weighted by molar-refractivity contribution is -0.694. The maximum atomic E-state index is 10.6. The summed E-state index contributed by atoms with van der Waals surface area (Å²) in [6.07, 6.45) is 6.76. The first-order valence-corrected chi connectivity index (χ1v) is 7.29. The summed E-state index contributed by atoms with van der Waals surface area (Å²) in [6, 6.07) is 7.82. The van der Waals surface area contributed by atoms with Crippen molar-refractivity contribution in [1.82, 2.24) is 0 Å². The molecule has 102 valence electrons. The number of fused-ring (bicyclic) bond motifs is 2. The highest BCUT2D eigenvalue weighted by atomic mass is 16.6. The van der Waals surface area contributed by atoms with E-state index in [0.29, 0.717) is 0 Å². The number of rotatable bonds is 5. The maximum absolute atomic E-state index is 10.6. The summed E-state index contributed by atoms with van der Waals surface area (Å²) in [6.45, 7) is 1.10. The van der Waals surface area contributed by atoms with E-state index in [1.165, 1.54) is 31.2 Å². The van der Waals surface area contributed by atoms with Gasteiger partial charge < -0.3 is 5.32 Å². The van der Waals surface area contributed by atoms with Crippen LogP contribution in [0.15, 0.2) is 24.3 Å². The topological polar surface area (TPSA) is 59.8 Å². The van der Waals surface area contributed by atoms with Gasteiger partial charge in [-0.2, -0.15) is 0 Å². The van der Waals surface area contributed by atoms with Gasteiger partial charge in [0.15, 0.2) is 0 Å². The molecule has 0 unspecified atom stereocenters. The van der Waals surface area contributed by atoms with Crippen LogP contribution < -0.4 is 5.32 Å². The number of hydrogen-bond donors (Lipinski definition) is 1. The Morgan fingerprint density at radius 2 is 2.00 bits per heavy atom. The number of non-ortho nitro benzene ring substituents is 1. The molecule has 2 saturated carbocycles. The Hall–Kier alpha value is -1.42. The third kappa shape index (κ3) is 2.78. The molecule has 2 aliphatic rings. The molecule has 2 fully saturated rings. The van der Waals surface area contributed by atoms with Crippen molar-refractivity contribution < 1.29 is 10.2 Å². The monoisotopic (exact) mass is 261 g/mol. The fraction of sp³-hybridized carbons (Fsp3) is 0.600. The van der Waals surface area contributed by atoms with Crippen molar-refractivity contribution in [3.8, 4) is 0 Å². The van der Waals surface area contributed by atoms with Crippen molar-refractivity contribution in [2.45, 2.75) is 38.1 Å². The minimum Gasteiger partial charge on any atom is -0.343 e. The first-order valence-electron chi connectivity index (χ1n) is 7.29. The highest BCUT2D eigenvalue weighted by Gasteiger charge is 2.41. The molecule has 3 atom stereocenters. The zero-order valence-corrected chi connectivity index (χ0v) is 11.1. The number of nitro groups is 1. The van der Waals surface area contributed by atoms with E-state index >= 15 is 0 Å². The third-order valence-electron chi connectivity index (χ3n) is 4.84. The summed E-state index contributed by atoms with van der Waals surface area (Å²) in [4.78, 5) is 10.2. The molecule has 19 heavy (non-hydrogen) atoms. The molecular formula is C15H21N2O2+. The Kier molecular flexibility index (Phi) is 3.51. The van der Waals surface area contributed by atoms with Crippen LogP contribution in [0.3, 0.4) is 0 Å². The SMILES string of the molecule is O=[N+]([O-])c1ccc(CC[NH2+][C@H]2C[C@@H]3CC[C@@H]2C3)cc1. The highest BCUT2D eigenvalue weighted by Crippen LogP contribution is 2.42. The fourth-order valence-corrected chi connectivity index (χ4v) is 3.83. The average Bonchev–Trinajstić information content (AvgIpc) is 3.02. The summed E-state index contributed by atoms with van der Waals surface area (Å²) < 4.78 is 0. The molecule has 2 N–H and O–H groups in total. The number of quaternary nitrogens is 1. The summed E-state index contributed by atoms with van der Waals surface area (Å²) in [7, 11) is 0. The van der Waals surface area contributed by atoms with Crippen LogP contribution in [0.5, 0.6) is 0 Å². The molecule has 1 aromatic rings. The predicted octanol–water partition coefficient (Wildman–Crippen LogP) is 1.89. The van der Waals surface area contributed by atoms with Crippen LogP contribution in [0.4, 0.5) is 5.69 Å². The van der Waals surface area contributed by atoms with Gasteiger partial charge in [-0.05, 0) is 30.7 Å². The Morgan fingerprint density at radius 3 is 2.58 bits per heavy atom. The zero-order valence-electron chi connectivity index (χ0n) is 11.1. The maximum Gasteiger partial charge on any atom is 0.269 e. The minimum absolute atomic E-state index is 0.181. The normalized spacial score (nSPS) is 28.7. The van der Waals surface area contributed by atoms with Crippen molar-refractivity contribution >= 4 is 5.69 Å². The Balaban J connectivity index is 1.46.